The number of carbonyl (C=O) groups is 1. The first-order valence-corrected chi connectivity index (χ1v) is 11.1. The number of hydrogen-bond acceptors (Lipinski definition) is 4. The van der Waals surface area contributed by atoms with Crippen LogP contribution in [-0.4, -0.2) is 38.5 Å². The zero-order chi connectivity index (χ0) is 18.1. The topological polar surface area (TPSA) is 87.3 Å². The van der Waals surface area contributed by atoms with Gasteiger partial charge >= 0.3 is 0 Å². The van der Waals surface area contributed by atoms with Crippen molar-refractivity contribution < 1.29 is 13.2 Å². The fourth-order valence-corrected chi connectivity index (χ4v) is 5.36. The van der Waals surface area contributed by atoms with Crippen molar-refractivity contribution in [2.45, 2.75) is 80.4 Å². The minimum atomic E-state index is -3.40. The first-order valence-electron chi connectivity index (χ1n) is 9.64. The van der Waals surface area contributed by atoms with Crippen molar-refractivity contribution in [1.29, 1.82) is 0 Å². The number of carbonyl (C=O) groups excluding carboxylic acids is 1. The van der Waals surface area contributed by atoms with E-state index < -0.39 is 10.0 Å². The zero-order valence-corrected chi connectivity index (χ0v) is 16.9. The number of amides is 1. The van der Waals surface area contributed by atoms with E-state index in [2.05, 4.69) is 15.4 Å². The first kappa shape index (κ1) is 20.6. The summed E-state index contributed by atoms with van der Waals surface area (Å²) < 4.78 is 27.0. The molecule has 2 unspecified atom stereocenters. The fourth-order valence-electron chi connectivity index (χ4n) is 4.06. The van der Waals surface area contributed by atoms with E-state index in [0.717, 1.165) is 31.2 Å². The maximum atomic E-state index is 12.2. The molecule has 2 saturated heterocycles. The van der Waals surface area contributed by atoms with Gasteiger partial charge in [-0.25, -0.2) is 13.1 Å². The lowest BCUT2D eigenvalue weighted by molar-refractivity contribution is -0.122. The van der Waals surface area contributed by atoms with Gasteiger partial charge in [0.15, 0.2) is 0 Å². The van der Waals surface area contributed by atoms with Gasteiger partial charge in [-0.1, -0.05) is 12.1 Å². The van der Waals surface area contributed by atoms with Crippen LogP contribution in [0, 0.1) is 0 Å². The maximum absolute atomic E-state index is 12.2. The molecule has 0 radical (unpaired) electrons. The Morgan fingerprint density at radius 1 is 1.00 bits per heavy atom. The molecular formula is C19H28ClN3O3S. The molecule has 2 bridgehead atoms. The lowest BCUT2D eigenvalue weighted by Gasteiger charge is -2.29. The van der Waals surface area contributed by atoms with Crippen LogP contribution in [0.4, 0.5) is 0 Å². The van der Waals surface area contributed by atoms with E-state index in [1.165, 1.54) is 12.8 Å². The van der Waals surface area contributed by atoms with Crippen LogP contribution in [-0.2, 0) is 21.2 Å². The van der Waals surface area contributed by atoms with Crippen molar-refractivity contribution in [2.24, 2.45) is 0 Å². The number of halogens is 1. The average molecular weight is 414 g/mol. The van der Waals surface area contributed by atoms with Crippen LogP contribution in [0.5, 0.6) is 0 Å². The quantitative estimate of drug-likeness (QED) is 0.637. The number of rotatable bonds is 7. The molecule has 3 fully saturated rings. The van der Waals surface area contributed by atoms with Gasteiger partial charge in [-0.3, -0.25) is 4.79 Å². The number of sulfonamides is 1. The van der Waals surface area contributed by atoms with Crippen LogP contribution in [0.15, 0.2) is 29.2 Å². The highest BCUT2D eigenvalue weighted by molar-refractivity contribution is 7.89. The Bertz CT molecular complexity index is 753. The molecule has 1 aromatic rings. The van der Waals surface area contributed by atoms with E-state index in [1.807, 2.05) is 0 Å². The van der Waals surface area contributed by atoms with Gasteiger partial charge in [0.1, 0.15) is 0 Å². The molecule has 0 aromatic heterocycles. The summed E-state index contributed by atoms with van der Waals surface area (Å²) in [5, 5.41) is 6.75. The summed E-state index contributed by atoms with van der Waals surface area (Å²) in [6, 6.07) is 8.40. The average Bonchev–Trinajstić information content (AvgIpc) is 3.35. The number of aryl methyl sites for hydroxylation is 1. The van der Waals surface area contributed by atoms with Crippen molar-refractivity contribution in [1.82, 2.24) is 15.4 Å². The number of benzene rings is 1. The van der Waals surface area contributed by atoms with Crippen LogP contribution in [0.3, 0.4) is 0 Å². The summed E-state index contributed by atoms with van der Waals surface area (Å²) in [5.41, 5.74) is 0.982. The van der Waals surface area contributed by atoms with Crippen LogP contribution >= 0.6 is 12.4 Å². The number of piperidine rings is 1. The van der Waals surface area contributed by atoms with Gasteiger partial charge in [-0.2, -0.15) is 0 Å². The lowest BCUT2D eigenvalue weighted by Crippen LogP contribution is -2.48. The van der Waals surface area contributed by atoms with Crippen LogP contribution in [0.2, 0.25) is 0 Å². The third-order valence-corrected chi connectivity index (χ3v) is 7.15. The van der Waals surface area contributed by atoms with Gasteiger partial charge in [0.25, 0.3) is 0 Å². The highest BCUT2D eigenvalue weighted by Crippen LogP contribution is 2.27. The zero-order valence-electron chi connectivity index (χ0n) is 15.3. The SMILES string of the molecule is Cl.O=C(CCc1ccc(S(=O)(=O)NC2CC2)cc1)NC1CC2CCC(C1)N2. The van der Waals surface area contributed by atoms with E-state index in [9.17, 15) is 13.2 Å². The Kier molecular flexibility index (Phi) is 6.46. The molecule has 2 atom stereocenters. The molecule has 8 heteroatoms. The molecule has 1 aliphatic carbocycles. The van der Waals surface area contributed by atoms with E-state index in [-0.39, 0.29) is 24.4 Å². The molecule has 1 aromatic carbocycles. The van der Waals surface area contributed by atoms with Gasteiger partial charge in [0.05, 0.1) is 4.90 Å². The standard InChI is InChI=1S/C19H27N3O3S.ClH/c23-19(21-17-11-15-6-7-16(12-17)20-15)10-3-13-1-8-18(9-2-13)26(24,25)22-14-4-5-14;/h1-2,8-9,14-17,20,22H,3-7,10-12H2,(H,21,23);1H. The molecule has 1 amide bonds. The summed E-state index contributed by atoms with van der Waals surface area (Å²) in [7, 11) is -3.40. The second kappa shape index (κ2) is 8.47. The Balaban J connectivity index is 0.00000210. The molecule has 27 heavy (non-hydrogen) atoms. The van der Waals surface area contributed by atoms with Gasteiger partial charge in [0, 0.05) is 30.6 Å². The number of hydrogen-bond donors (Lipinski definition) is 3. The highest BCUT2D eigenvalue weighted by Gasteiger charge is 2.33. The van der Waals surface area contributed by atoms with Crippen LogP contribution < -0.4 is 15.4 Å². The Morgan fingerprint density at radius 2 is 1.63 bits per heavy atom. The Hall–Kier alpha value is -1.15. The smallest absolute Gasteiger partial charge is 0.240 e. The predicted molar refractivity (Wildman–Crippen MR) is 106 cm³/mol. The monoisotopic (exact) mass is 413 g/mol. The van der Waals surface area contributed by atoms with E-state index in [4.69, 9.17) is 0 Å². The lowest BCUT2D eigenvalue weighted by atomic mass is 9.99. The second-order valence-corrected chi connectivity index (χ2v) is 9.63. The van der Waals surface area contributed by atoms with E-state index in [0.29, 0.717) is 35.9 Å². The molecule has 4 rings (SSSR count). The van der Waals surface area contributed by atoms with E-state index in [1.54, 1.807) is 24.3 Å². The molecule has 1 saturated carbocycles. The fraction of sp³-hybridized carbons (Fsp3) is 0.632. The van der Waals surface area contributed by atoms with Crippen molar-refractivity contribution in [3.63, 3.8) is 0 Å². The van der Waals surface area contributed by atoms with Crippen molar-refractivity contribution in [3.05, 3.63) is 29.8 Å². The maximum Gasteiger partial charge on any atom is 0.240 e. The van der Waals surface area contributed by atoms with Crippen LogP contribution in [0.25, 0.3) is 0 Å². The summed E-state index contributed by atoms with van der Waals surface area (Å²) in [6.45, 7) is 0. The predicted octanol–water partition coefficient (Wildman–Crippen LogP) is 1.88. The summed E-state index contributed by atoms with van der Waals surface area (Å²) in [4.78, 5) is 12.5. The molecule has 2 aliphatic heterocycles. The third-order valence-electron chi connectivity index (χ3n) is 5.61. The van der Waals surface area contributed by atoms with Gasteiger partial charge in [-0.15, -0.1) is 12.4 Å². The van der Waals surface area contributed by atoms with E-state index >= 15 is 0 Å². The number of fused-ring (bicyclic) bond motifs is 2. The normalized spacial score (nSPS) is 27.0. The second-order valence-electron chi connectivity index (χ2n) is 7.91. The molecular weight excluding hydrogens is 386 g/mol. The highest BCUT2D eigenvalue weighted by atomic mass is 35.5. The number of nitrogens with one attached hydrogen (secondary N) is 3. The van der Waals surface area contributed by atoms with Gasteiger partial charge in [-0.05, 0) is 62.6 Å². The van der Waals surface area contributed by atoms with Crippen molar-refractivity contribution in [2.75, 3.05) is 0 Å². The largest absolute Gasteiger partial charge is 0.353 e. The van der Waals surface area contributed by atoms with Gasteiger partial charge < -0.3 is 10.6 Å². The Morgan fingerprint density at radius 3 is 2.22 bits per heavy atom. The van der Waals surface area contributed by atoms with Crippen LogP contribution in [0.1, 0.15) is 50.5 Å². The Labute approximate surface area is 167 Å². The molecule has 150 valence electrons. The molecule has 6 nitrogen and oxygen atoms in total. The summed E-state index contributed by atoms with van der Waals surface area (Å²) in [6.07, 6.45) is 7.41. The van der Waals surface area contributed by atoms with Crippen molar-refractivity contribution >= 4 is 28.3 Å². The minimum Gasteiger partial charge on any atom is -0.353 e. The minimum absolute atomic E-state index is 0. The molecule has 0 spiro atoms. The molecule has 3 N–H and O–H groups in total. The first-order chi connectivity index (χ1) is 12.5. The molecule has 2 heterocycles. The summed E-state index contributed by atoms with van der Waals surface area (Å²) in [5.74, 6) is 0.0865. The third kappa shape index (κ3) is 5.44. The molecule has 3 aliphatic rings. The van der Waals surface area contributed by atoms with Crippen molar-refractivity contribution in [3.8, 4) is 0 Å². The van der Waals surface area contributed by atoms with Gasteiger partial charge in [0.2, 0.25) is 15.9 Å². The summed E-state index contributed by atoms with van der Waals surface area (Å²) >= 11 is 0.